The number of nitrogens with zero attached hydrogens (tertiary/aromatic N) is 3. The molecule has 1 saturated heterocycles. The molecule has 0 radical (unpaired) electrons. The number of aromatic nitrogens is 2. The third-order valence-corrected chi connectivity index (χ3v) is 3.85. The SMILES string of the molecule is CCCNc1nc(C)nc(N(C)C2CCOCC2)c1C. The highest BCUT2D eigenvalue weighted by Gasteiger charge is 2.22. The fourth-order valence-electron chi connectivity index (χ4n) is 2.62. The largest absolute Gasteiger partial charge is 0.381 e. The van der Waals surface area contributed by atoms with Gasteiger partial charge in [-0.1, -0.05) is 6.92 Å². The predicted molar refractivity (Wildman–Crippen MR) is 82.5 cm³/mol. The van der Waals surface area contributed by atoms with E-state index in [9.17, 15) is 0 Å². The Labute approximate surface area is 121 Å². The molecule has 2 rings (SSSR count). The minimum atomic E-state index is 0.510. The molecular formula is C15H26N4O. The molecule has 2 heterocycles. The normalized spacial score (nSPS) is 16.2. The van der Waals surface area contributed by atoms with Crippen LogP contribution in [0.2, 0.25) is 0 Å². The van der Waals surface area contributed by atoms with Crippen LogP contribution in [0.25, 0.3) is 0 Å². The fraction of sp³-hybridized carbons (Fsp3) is 0.733. The van der Waals surface area contributed by atoms with Crippen molar-refractivity contribution >= 4 is 11.6 Å². The van der Waals surface area contributed by atoms with E-state index in [2.05, 4.69) is 41.1 Å². The molecule has 1 N–H and O–H groups in total. The van der Waals surface area contributed by atoms with Gasteiger partial charge in [0.05, 0.1) is 0 Å². The smallest absolute Gasteiger partial charge is 0.137 e. The van der Waals surface area contributed by atoms with E-state index in [0.29, 0.717) is 6.04 Å². The molecule has 1 aromatic heterocycles. The van der Waals surface area contributed by atoms with E-state index < -0.39 is 0 Å². The van der Waals surface area contributed by atoms with E-state index in [4.69, 9.17) is 4.74 Å². The van der Waals surface area contributed by atoms with Gasteiger partial charge in [0.15, 0.2) is 0 Å². The summed E-state index contributed by atoms with van der Waals surface area (Å²) < 4.78 is 5.44. The Kier molecular flexibility index (Phi) is 5.17. The lowest BCUT2D eigenvalue weighted by molar-refractivity contribution is 0.0853. The number of hydrogen-bond acceptors (Lipinski definition) is 5. The van der Waals surface area contributed by atoms with Gasteiger partial charge < -0.3 is 15.0 Å². The summed E-state index contributed by atoms with van der Waals surface area (Å²) >= 11 is 0. The second-order valence-corrected chi connectivity index (χ2v) is 5.45. The molecular weight excluding hydrogens is 252 g/mol. The van der Waals surface area contributed by atoms with Crippen molar-refractivity contribution in [3.63, 3.8) is 0 Å². The zero-order valence-corrected chi connectivity index (χ0v) is 13.1. The van der Waals surface area contributed by atoms with E-state index in [0.717, 1.165) is 62.0 Å². The van der Waals surface area contributed by atoms with Gasteiger partial charge in [-0.2, -0.15) is 0 Å². The van der Waals surface area contributed by atoms with Crippen LogP contribution in [0.1, 0.15) is 37.6 Å². The van der Waals surface area contributed by atoms with Crippen LogP contribution in [-0.2, 0) is 4.74 Å². The van der Waals surface area contributed by atoms with Gasteiger partial charge in [-0.25, -0.2) is 9.97 Å². The summed E-state index contributed by atoms with van der Waals surface area (Å²) in [5.41, 5.74) is 1.14. The van der Waals surface area contributed by atoms with Crippen LogP contribution in [0.3, 0.4) is 0 Å². The van der Waals surface area contributed by atoms with Crippen LogP contribution in [0, 0.1) is 13.8 Å². The molecule has 1 fully saturated rings. The Balaban J connectivity index is 2.22. The van der Waals surface area contributed by atoms with E-state index in [1.807, 2.05) is 6.92 Å². The van der Waals surface area contributed by atoms with Crippen LogP contribution in [-0.4, -0.2) is 42.8 Å². The maximum absolute atomic E-state index is 5.44. The highest BCUT2D eigenvalue weighted by Crippen LogP contribution is 2.26. The van der Waals surface area contributed by atoms with Gasteiger partial charge >= 0.3 is 0 Å². The van der Waals surface area contributed by atoms with Gasteiger partial charge in [0.25, 0.3) is 0 Å². The first-order chi connectivity index (χ1) is 9.63. The van der Waals surface area contributed by atoms with Gasteiger partial charge in [0.1, 0.15) is 17.5 Å². The van der Waals surface area contributed by atoms with Crippen molar-refractivity contribution in [3.05, 3.63) is 11.4 Å². The molecule has 1 aliphatic rings. The number of aryl methyl sites for hydroxylation is 1. The molecule has 20 heavy (non-hydrogen) atoms. The van der Waals surface area contributed by atoms with Gasteiger partial charge in [0.2, 0.25) is 0 Å². The molecule has 0 unspecified atom stereocenters. The molecule has 112 valence electrons. The van der Waals surface area contributed by atoms with Crippen LogP contribution in [0.15, 0.2) is 0 Å². The minimum absolute atomic E-state index is 0.510. The van der Waals surface area contributed by atoms with Crippen molar-refractivity contribution in [2.24, 2.45) is 0 Å². The van der Waals surface area contributed by atoms with E-state index in [-0.39, 0.29) is 0 Å². The summed E-state index contributed by atoms with van der Waals surface area (Å²) in [7, 11) is 2.13. The molecule has 0 aromatic carbocycles. The van der Waals surface area contributed by atoms with Gasteiger partial charge in [-0.15, -0.1) is 0 Å². The van der Waals surface area contributed by atoms with Crippen molar-refractivity contribution in [2.75, 3.05) is 37.0 Å². The van der Waals surface area contributed by atoms with Crippen molar-refractivity contribution in [3.8, 4) is 0 Å². The molecule has 0 atom stereocenters. The summed E-state index contributed by atoms with van der Waals surface area (Å²) in [6.45, 7) is 8.85. The zero-order valence-electron chi connectivity index (χ0n) is 13.1. The number of anilines is 2. The average Bonchev–Trinajstić information content (AvgIpc) is 2.48. The quantitative estimate of drug-likeness (QED) is 0.897. The molecule has 1 aliphatic heterocycles. The number of nitrogens with one attached hydrogen (secondary N) is 1. The maximum Gasteiger partial charge on any atom is 0.137 e. The molecule has 0 amide bonds. The first-order valence-corrected chi connectivity index (χ1v) is 7.53. The van der Waals surface area contributed by atoms with Crippen LogP contribution >= 0.6 is 0 Å². The molecule has 0 saturated carbocycles. The Morgan fingerprint density at radius 3 is 2.60 bits per heavy atom. The molecule has 5 heteroatoms. The van der Waals surface area contributed by atoms with Crippen molar-refractivity contribution in [1.82, 2.24) is 9.97 Å². The second-order valence-electron chi connectivity index (χ2n) is 5.45. The number of hydrogen-bond donors (Lipinski definition) is 1. The predicted octanol–water partition coefficient (Wildman–Crippen LogP) is 2.53. The van der Waals surface area contributed by atoms with Gasteiger partial charge in [0, 0.05) is 38.4 Å². The second kappa shape index (κ2) is 6.88. The lowest BCUT2D eigenvalue weighted by Crippen LogP contribution is -2.37. The lowest BCUT2D eigenvalue weighted by Gasteiger charge is -2.33. The summed E-state index contributed by atoms with van der Waals surface area (Å²) in [6, 6.07) is 0.510. The monoisotopic (exact) mass is 278 g/mol. The molecule has 0 aliphatic carbocycles. The molecule has 5 nitrogen and oxygen atoms in total. The molecule has 0 bridgehead atoms. The van der Waals surface area contributed by atoms with Crippen molar-refractivity contribution in [2.45, 2.75) is 46.1 Å². The highest BCUT2D eigenvalue weighted by atomic mass is 16.5. The number of ether oxygens (including phenoxy) is 1. The van der Waals surface area contributed by atoms with Gasteiger partial charge in [-0.05, 0) is 33.1 Å². The summed E-state index contributed by atoms with van der Waals surface area (Å²) in [5.74, 6) is 2.83. The van der Waals surface area contributed by atoms with Crippen molar-refractivity contribution < 1.29 is 4.74 Å². The van der Waals surface area contributed by atoms with E-state index in [1.54, 1.807) is 0 Å². The summed E-state index contributed by atoms with van der Waals surface area (Å²) in [4.78, 5) is 11.5. The van der Waals surface area contributed by atoms with Crippen LogP contribution in [0.4, 0.5) is 11.6 Å². The lowest BCUT2D eigenvalue weighted by atomic mass is 10.1. The Morgan fingerprint density at radius 1 is 1.25 bits per heavy atom. The average molecular weight is 278 g/mol. The third kappa shape index (κ3) is 3.39. The van der Waals surface area contributed by atoms with E-state index >= 15 is 0 Å². The Bertz CT molecular complexity index is 444. The first kappa shape index (κ1) is 15.0. The Morgan fingerprint density at radius 2 is 1.95 bits per heavy atom. The molecule has 0 spiro atoms. The minimum Gasteiger partial charge on any atom is -0.381 e. The topological polar surface area (TPSA) is 50.3 Å². The van der Waals surface area contributed by atoms with Crippen LogP contribution < -0.4 is 10.2 Å². The third-order valence-electron chi connectivity index (χ3n) is 3.85. The standard InChI is InChI=1S/C15H26N4O/c1-5-8-16-14-11(2)15(18-12(3)17-14)19(4)13-6-9-20-10-7-13/h13H,5-10H2,1-4H3,(H,16,17,18). The zero-order chi connectivity index (χ0) is 14.5. The fourth-order valence-corrected chi connectivity index (χ4v) is 2.62. The first-order valence-electron chi connectivity index (χ1n) is 7.53. The van der Waals surface area contributed by atoms with E-state index in [1.165, 1.54) is 0 Å². The Hall–Kier alpha value is -1.36. The highest BCUT2D eigenvalue weighted by molar-refractivity contribution is 5.58. The summed E-state index contributed by atoms with van der Waals surface area (Å²) in [6.07, 6.45) is 3.22. The summed E-state index contributed by atoms with van der Waals surface area (Å²) in [5, 5.41) is 3.40. The van der Waals surface area contributed by atoms with Crippen LogP contribution in [0.5, 0.6) is 0 Å². The number of rotatable bonds is 5. The molecule has 1 aromatic rings. The van der Waals surface area contributed by atoms with Crippen molar-refractivity contribution in [1.29, 1.82) is 0 Å². The maximum atomic E-state index is 5.44. The van der Waals surface area contributed by atoms with Gasteiger partial charge in [-0.3, -0.25) is 0 Å².